The quantitative estimate of drug-likeness (QED) is 0.625. The summed E-state index contributed by atoms with van der Waals surface area (Å²) in [5, 5.41) is 10.8. The van der Waals surface area contributed by atoms with Gasteiger partial charge in [-0.2, -0.15) is 5.10 Å². The van der Waals surface area contributed by atoms with Crippen LogP contribution in [0.1, 0.15) is 17.8 Å². The number of aromatic nitrogens is 4. The van der Waals surface area contributed by atoms with Gasteiger partial charge in [0.25, 0.3) is 0 Å². The highest BCUT2D eigenvalue weighted by Gasteiger charge is 2.03. The van der Waals surface area contributed by atoms with Gasteiger partial charge in [0, 0.05) is 30.2 Å². The molecule has 0 unspecified atom stereocenters. The summed E-state index contributed by atoms with van der Waals surface area (Å²) < 4.78 is 0. The Morgan fingerprint density at radius 3 is 3.00 bits per heavy atom. The van der Waals surface area contributed by atoms with Crippen LogP contribution in [0.4, 0.5) is 5.69 Å². The van der Waals surface area contributed by atoms with E-state index in [2.05, 4.69) is 44.5 Å². The van der Waals surface area contributed by atoms with Crippen molar-refractivity contribution in [3.05, 3.63) is 52.3 Å². The van der Waals surface area contributed by atoms with Crippen molar-refractivity contribution in [1.29, 1.82) is 0 Å². The molecular formula is C15H17N5O. The Labute approximate surface area is 121 Å². The number of pyridine rings is 1. The molecule has 6 nitrogen and oxygen atoms in total. The van der Waals surface area contributed by atoms with E-state index in [0.29, 0.717) is 5.82 Å². The molecule has 0 aliphatic carbocycles. The van der Waals surface area contributed by atoms with Crippen molar-refractivity contribution in [1.82, 2.24) is 20.2 Å². The maximum atomic E-state index is 10.9. The topological polar surface area (TPSA) is 86.5 Å². The predicted molar refractivity (Wildman–Crippen MR) is 82.5 cm³/mol. The maximum absolute atomic E-state index is 10.9. The molecule has 2 heterocycles. The number of nitrogens with one attached hydrogen (secondary N) is 3. The van der Waals surface area contributed by atoms with Gasteiger partial charge in [-0.25, -0.2) is 9.89 Å². The molecule has 0 saturated carbocycles. The minimum atomic E-state index is -0.256. The summed E-state index contributed by atoms with van der Waals surface area (Å²) in [6.45, 7) is 2.87. The number of fused-ring (bicyclic) bond motifs is 1. The standard InChI is InChI=1S/C15H17N5O/c1-10-4-2-5-11-12(7-9-17-14(10)11)16-8-3-6-13-18-15(21)20-19-13/h2,4-5,7,9H,3,6,8H2,1H3,(H,16,17)(H2,18,19,20,21). The van der Waals surface area contributed by atoms with Gasteiger partial charge in [0.2, 0.25) is 0 Å². The molecule has 0 aliphatic heterocycles. The van der Waals surface area contributed by atoms with Gasteiger partial charge in [-0.3, -0.25) is 9.97 Å². The molecule has 2 aromatic heterocycles. The van der Waals surface area contributed by atoms with Gasteiger partial charge in [-0.15, -0.1) is 0 Å². The number of para-hydroxylation sites is 1. The third kappa shape index (κ3) is 2.94. The van der Waals surface area contributed by atoms with Gasteiger partial charge in [0.05, 0.1) is 5.52 Å². The molecule has 0 saturated heterocycles. The first-order valence-electron chi connectivity index (χ1n) is 6.96. The lowest BCUT2D eigenvalue weighted by atomic mass is 10.1. The van der Waals surface area contributed by atoms with Gasteiger partial charge < -0.3 is 5.32 Å². The molecule has 0 spiro atoms. The Kier molecular flexibility index (Phi) is 3.68. The van der Waals surface area contributed by atoms with E-state index in [4.69, 9.17) is 0 Å². The number of hydrogen-bond acceptors (Lipinski definition) is 4. The summed E-state index contributed by atoms with van der Waals surface area (Å²) >= 11 is 0. The predicted octanol–water partition coefficient (Wildman–Crippen LogP) is 2.00. The van der Waals surface area contributed by atoms with Crippen LogP contribution in [0.5, 0.6) is 0 Å². The number of anilines is 1. The van der Waals surface area contributed by atoms with Crippen molar-refractivity contribution in [3.63, 3.8) is 0 Å². The fraction of sp³-hybridized carbons (Fsp3) is 0.267. The molecule has 3 N–H and O–H groups in total. The van der Waals surface area contributed by atoms with Crippen LogP contribution >= 0.6 is 0 Å². The fourth-order valence-corrected chi connectivity index (χ4v) is 2.38. The highest BCUT2D eigenvalue weighted by atomic mass is 16.1. The van der Waals surface area contributed by atoms with Crippen LogP contribution in [0.2, 0.25) is 0 Å². The Hall–Kier alpha value is -2.63. The molecule has 6 heteroatoms. The zero-order valence-corrected chi connectivity index (χ0v) is 11.8. The van der Waals surface area contributed by atoms with E-state index in [-0.39, 0.29) is 5.69 Å². The Bertz CT molecular complexity index is 805. The first kappa shape index (κ1) is 13.4. The third-order valence-electron chi connectivity index (χ3n) is 3.43. The molecule has 21 heavy (non-hydrogen) atoms. The second kappa shape index (κ2) is 5.78. The lowest BCUT2D eigenvalue weighted by Gasteiger charge is -2.10. The van der Waals surface area contributed by atoms with Crippen molar-refractivity contribution in [2.24, 2.45) is 0 Å². The number of aromatic amines is 2. The number of nitrogens with zero attached hydrogens (tertiary/aromatic N) is 2. The fourth-order valence-electron chi connectivity index (χ4n) is 2.38. The average molecular weight is 283 g/mol. The molecular weight excluding hydrogens is 266 g/mol. The van der Waals surface area contributed by atoms with Gasteiger partial charge in [0.15, 0.2) is 0 Å². The van der Waals surface area contributed by atoms with Gasteiger partial charge in [0.1, 0.15) is 5.82 Å². The normalized spacial score (nSPS) is 10.9. The van der Waals surface area contributed by atoms with E-state index in [1.54, 1.807) is 0 Å². The molecule has 0 radical (unpaired) electrons. The third-order valence-corrected chi connectivity index (χ3v) is 3.43. The number of hydrogen-bond donors (Lipinski definition) is 3. The van der Waals surface area contributed by atoms with Gasteiger partial charge in [-0.05, 0) is 25.0 Å². The van der Waals surface area contributed by atoms with Gasteiger partial charge >= 0.3 is 5.69 Å². The lowest BCUT2D eigenvalue weighted by Crippen LogP contribution is -2.05. The molecule has 0 atom stereocenters. The molecule has 0 amide bonds. The summed E-state index contributed by atoms with van der Waals surface area (Å²) in [4.78, 5) is 18.0. The van der Waals surface area contributed by atoms with Crippen molar-refractivity contribution in [3.8, 4) is 0 Å². The molecule has 0 bridgehead atoms. The van der Waals surface area contributed by atoms with E-state index >= 15 is 0 Å². The van der Waals surface area contributed by atoms with Crippen molar-refractivity contribution >= 4 is 16.6 Å². The first-order valence-corrected chi connectivity index (χ1v) is 6.96. The van der Waals surface area contributed by atoms with Crippen LogP contribution in [0, 0.1) is 6.92 Å². The monoisotopic (exact) mass is 283 g/mol. The largest absolute Gasteiger partial charge is 0.384 e. The van der Waals surface area contributed by atoms with E-state index in [9.17, 15) is 4.79 Å². The minimum Gasteiger partial charge on any atom is -0.384 e. The van der Waals surface area contributed by atoms with Crippen molar-refractivity contribution in [2.75, 3.05) is 11.9 Å². The zero-order valence-electron chi connectivity index (χ0n) is 11.8. The smallest absolute Gasteiger partial charge is 0.340 e. The molecule has 0 aliphatic rings. The highest BCUT2D eigenvalue weighted by Crippen LogP contribution is 2.23. The Morgan fingerprint density at radius 2 is 2.19 bits per heavy atom. The first-order chi connectivity index (χ1) is 10.2. The number of rotatable bonds is 5. The van der Waals surface area contributed by atoms with E-state index < -0.39 is 0 Å². The molecule has 0 fully saturated rings. The van der Waals surface area contributed by atoms with E-state index in [1.807, 2.05) is 18.3 Å². The van der Waals surface area contributed by atoms with Crippen molar-refractivity contribution in [2.45, 2.75) is 19.8 Å². The number of benzene rings is 1. The van der Waals surface area contributed by atoms with E-state index in [1.165, 1.54) is 5.56 Å². The Morgan fingerprint density at radius 1 is 1.29 bits per heavy atom. The van der Waals surface area contributed by atoms with Gasteiger partial charge in [-0.1, -0.05) is 18.2 Å². The molecule has 3 aromatic rings. The summed E-state index contributed by atoms with van der Waals surface area (Å²) in [7, 11) is 0. The van der Waals surface area contributed by atoms with Crippen LogP contribution in [0.3, 0.4) is 0 Å². The molecule has 3 rings (SSSR count). The van der Waals surface area contributed by atoms with E-state index in [0.717, 1.165) is 36.0 Å². The number of aryl methyl sites for hydroxylation is 2. The maximum Gasteiger partial charge on any atom is 0.340 e. The summed E-state index contributed by atoms with van der Waals surface area (Å²) in [6, 6.07) is 8.16. The van der Waals surface area contributed by atoms with Crippen LogP contribution in [-0.2, 0) is 6.42 Å². The van der Waals surface area contributed by atoms with Crippen molar-refractivity contribution < 1.29 is 0 Å². The highest BCUT2D eigenvalue weighted by molar-refractivity contribution is 5.92. The lowest BCUT2D eigenvalue weighted by molar-refractivity contribution is 0.806. The summed E-state index contributed by atoms with van der Waals surface area (Å²) in [6.07, 6.45) is 3.44. The SMILES string of the molecule is Cc1cccc2c(NCCCc3n[nH]c(=O)[nH]3)ccnc12. The Balaban J connectivity index is 1.65. The van der Waals surface area contributed by atoms with Crippen LogP contribution in [0.15, 0.2) is 35.3 Å². The number of H-pyrrole nitrogens is 2. The van der Waals surface area contributed by atoms with Crippen LogP contribution < -0.4 is 11.0 Å². The second-order valence-corrected chi connectivity index (χ2v) is 4.98. The molecule has 108 valence electrons. The van der Waals surface area contributed by atoms with Crippen LogP contribution in [0.25, 0.3) is 10.9 Å². The summed E-state index contributed by atoms with van der Waals surface area (Å²) in [5.74, 6) is 0.692. The zero-order chi connectivity index (χ0) is 14.7. The average Bonchev–Trinajstić information content (AvgIpc) is 2.90. The van der Waals surface area contributed by atoms with Crippen LogP contribution in [-0.4, -0.2) is 26.7 Å². The molecule has 1 aromatic carbocycles. The minimum absolute atomic E-state index is 0.256. The second-order valence-electron chi connectivity index (χ2n) is 4.98. The summed E-state index contributed by atoms with van der Waals surface area (Å²) in [5.41, 5.74) is 3.03.